The number of ether oxygens (including phenoxy) is 1. The number of rotatable bonds is 5. The Morgan fingerprint density at radius 1 is 1.00 bits per heavy atom. The normalized spacial score (nSPS) is 14.7. The fraction of sp³-hybridized carbons (Fsp3) is 0.364. The van der Waals surface area contributed by atoms with E-state index in [0.29, 0.717) is 17.4 Å². The molecule has 0 N–H and O–H groups in total. The molecule has 0 aromatic heterocycles. The number of nitrogens with zero attached hydrogens (tertiary/aromatic N) is 2. The minimum atomic E-state index is -0.148. The molecule has 0 atom stereocenters. The second-order valence-electron chi connectivity index (χ2n) is 7.08. The first kappa shape index (κ1) is 19.0. The van der Waals surface area contributed by atoms with Gasteiger partial charge in [-0.1, -0.05) is 25.1 Å². The number of hydrogen-bond donors (Lipinski definition) is 0. The zero-order valence-corrected chi connectivity index (χ0v) is 15.9. The van der Waals surface area contributed by atoms with E-state index in [-0.39, 0.29) is 18.4 Å². The molecule has 5 heteroatoms. The minimum Gasteiger partial charge on any atom is -0.457 e. The second kappa shape index (κ2) is 8.71. The number of carbonyl (C=O) groups excluding carboxylic acids is 2. The Kier molecular flexibility index (Phi) is 6.12. The van der Waals surface area contributed by atoms with Gasteiger partial charge in [0.05, 0.1) is 0 Å². The molecule has 2 aromatic rings. The average molecular weight is 366 g/mol. The molecule has 1 heterocycles. The van der Waals surface area contributed by atoms with Crippen molar-refractivity contribution in [3.8, 4) is 11.5 Å². The summed E-state index contributed by atoms with van der Waals surface area (Å²) in [4.78, 5) is 28.1. The van der Waals surface area contributed by atoms with E-state index in [1.165, 1.54) is 11.8 Å². The maximum absolute atomic E-state index is 12.6. The van der Waals surface area contributed by atoms with Crippen molar-refractivity contribution in [1.82, 2.24) is 4.90 Å². The molecule has 0 unspecified atom stereocenters. The highest BCUT2D eigenvalue weighted by molar-refractivity contribution is 5.97. The summed E-state index contributed by atoms with van der Waals surface area (Å²) in [5.74, 6) is 1.95. The van der Waals surface area contributed by atoms with Gasteiger partial charge in [-0.15, -0.1) is 0 Å². The highest BCUT2D eigenvalue weighted by Crippen LogP contribution is 2.25. The molecule has 2 aromatic carbocycles. The van der Waals surface area contributed by atoms with Crippen molar-refractivity contribution in [3.05, 3.63) is 54.6 Å². The molecule has 1 aliphatic rings. The van der Waals surface area contributed by atoms with Gasteiger partial charge >= 0.3 is 0 Å². The average Bonchev–Trinajstić information content (AvgIpc) is 2.68. The lowest BCUT2D eigenvalue weighted by Gasteiger charge is -2.32. The number of benzene rings is 2. The van der Waals surface area contributed by atoms with Crippen LogP contribution in [0, 0.1) is 5.92 Å². The largest absolute Gasteiger partial charge is 0.457 e. The topological polar surface area (TPSA) is 49.9 Å². The van der Waals surface area contributed by atoms with Crippen molar-refractivity contribution >= 4 is 17.5 Å². The molecular formula is C22H26N2O3. The number of carbonyl (C=O) groups is 2. The fourth-order valence-electron chi connectivity index (χ4n) is 3.20. The number of hydrogen-bond acceptors (Lipinski definition) is 3. The van der Waals surface area contributed by atoms with Crippen LogP contribution in [0.4, 0.5) is 5.69 Å². The number of para-hydroxylation sites is 1. The molecule has 1 fully saturated rings. The summed E-state index contributed by atoms with van der Waals surface area (Å²) in [6, 6.07) is 16.8. The number of anilines is 1. The third-order valence-electron chi connectivity index (χ3n) is 4.94. The van der Waals surface area contributed by atoms with Gasteiger partial charge in [-0.3, -0.25) is 9.59 Å². The summed E-state index contributed by atoms with van der Waals surface area (Å²) in [6.45, 7) is 5.32. The first-order chi connectivity index (χ1) is 13.0. The Labute approximate surface area is 160 Å². The van der Waals surface area contributed by atoms with Crippen LogP contribution in [0.1, 0.15) is 26.7 Å². The van der Waals surface area contributed by atoms with Gasteiger partial charge < -0.3 is 14.5 Å². The summed E-state index contributed by atoms with van der Waals surface area (Å²) in [7, 11) is 0. The first-order valence-corrected chi connectivity index (χ1v) is 9.42. The minimum absolute atomic E-state index is 0.00159. The summed E-state index contributed by atoms with van der Waals surface area (Å²) in [5, 5.41) is 0. The number of amides is 2. The van der Waals surface area contributed by atoms with E-state index in [4.69, 9.17) is 4.74 Å². The zero-order chi connectivity index (χ0) is 19.2. The second-order valence-corrected chi connectivity index (χ2v) is 7.08. The Morgan fingerprint density at radius 2 is 1.59 bits per heavy atom. The van der Waals surface area contributed by atoms with Crippen LogP contribution in [0.3, 0.4) is 0 Å². The molecule has 1 aliphatic heterocycles. The molecule has 0 bridgehead atoms. The summed E-state index contributed by atoms with van der Waals surface area (Å²) in [6.07, 6.45) is 2.05. The van der Waals surface area contributed by atoms with Crippen molar-refractivity contribution < 1.29 is 14.3 Å². The van der Waals surface area contributed by atoms with E-state index in [2.05, 4.69) is 6.92 Å². The van der Waals surface area contributed by atoms with E-state index in [9.17, 15) is 9.59 Å². The predicted molar refractivity (Wildman–Crippen MR) is 106 cm³/mol. The number of likely N-dealkylation sites (tertiary alicyclic amines) is 1. The summed E-state index contributed by atoms with van der Waals surface area (Å²) < 4.78 is 5.78. The summed E-state index contributed by atoms with van der Waals surface area (Å²) >= 11 is 0. The third-order valence-corrected chi connectivity index (χ3v) is 4.94. The lowest BCUT2D eigenvalue weighted by Crippen LogP contribution is -2.45. The van der Waals surface area contributed by atoms with Crippen molar-refractivity contribution in [2.45, 2.75) is 26.7 Å². The van der Waals surface area contributed by atoms with Crippen LogP contribution in [-0.2, 0) is 9.59 Å². The fourth-order valence-corrected chi connectivity index (χ4v) is 3.20. The van der Waals surface area contributed by atoms with Crippen LogP contribution in [0.2, 0.25) is 0 Å². The molecule has 0 spiro atoms. The quantitative estimate of drug-likeness (QED) is 0.801. The Balaban J connectivity index is 1.66. The highest BCUT2D eigenvalue weighted by Gasteiger charge is 2.23. The van der Waals surface area contributed by atoms with E-state index >= 15 is 0 Å². The van der Waals surface area contributed by atoms with Crippen LogP contribution in [0.5, 0.6) is 11.5 Å². The van der Waals surface area contributed by atoms with E-state index < -0.39 is 0 Å². The van der Waals surface area contributed by atoms with Crippen LogP contribution in [0.25, 0.3) is 0 Å². The van der Waals surface area contributed by atoms with Crippen LogP contribution >= 0.6 is 0 Å². The van der Waals surface area contributed by atoms with Crippen molar-refractivity contribution in [2.24, 2.45) is 5.92 Å². The van der Waals surface area contributed by atoms with Gasteiger partial charge in [0, 0.05) is 25.7 Å². The lowest BCUT2D eigenvalue weighted by molar-refractivity contribution is -0.132. The monoisotopic (exact) mass is 366 g/mol. The van der Waals surface area contributed by atoms with Gasteiger partial charge in [0.1, 0.15) is 18.0 Å². The lowest BCUT2D eigenvalue weighted by atomic mass is 9.99. The molecule has 0 aliphatic carbocycles. The zero-order valence-electron chi connectivity index (χ0n) is 15.9. The molecule has 2 amide bonds. The van der Waals surface area contributed by atoms with Crippen LogP contribution in [0.15, 0.2) is 54.6 Å². The van der Waals surface area contributed by atoms with Gasteiger partial charge in [0.25, 0.3) is 0 Å². The van der Waals surface area contributed by atoms with Gasteiger partial charge in [-0.05, 0) is 55.2 Å². The Morgan fingerprint density at radius 3 is 2.19 bits per heavy atom. The van der Waals surface area contributed by atoms with Crippen LogP contribution in [-0.4, -0.2) is 36.3 Å². The maximum atomic E-state index is 12.6. The van der Waals surface area contributed by atoms with Crippen molar-refractivity contribution in [2.75, 3.05) is 24.5 Å². The smallest absolute Gasteiger partial charge is 0.242 e. The van der Waals surface area contributed by atoms with E-state index in [0.717, 1.165) is 31.7 Å². The molecule has 1 saturated heterocycles. The van der Waals surface area contributed by atoms with Crippen LogP contribution < -0.4 is 9.64 Å². The molecule has 0 saturated carbocycles. The van der Waals surface area contributed by atoms with Crippen molar-refractivity contribution in [1.29, 1.82) is 0 Å². The SMILES string of the molecule is CC(=O)N(CC(=O)N1CCC(C)CC1)c1ccc(Oc2ccccc2)cc1. The molecule has 142 valence electrons. The Hall–Kier alpha value is -2.82. The van der Waals surface area contributed by atoms with Gasteiger partial charge in [-0.2, -0.15) is 0 Å². The highest BCUT2D eigenvalue weighted by atomic mass is 16.5. The third kappa shape index (κ3) is 5.09. The van der Waals surface area contributed by atoms with Crippen molar-refractivity contribution in [3.63, 3.8) is 0 Å². The molecule has 27 heavy (non-hydrogen) atoms. The van der Waals surface area contributed by atoms with E-state index in [1.54, 1.807) is 0 Å². The van der Waals surface area contributed by atoms with Gasteiger partial charge in [0.2, 0.25) is 11.8 Å². The predicted octanol–water partition coefficient (Wildman–Crippen LogP) is 4.09. The summed E-state index contributed by atoms with van der Waals surface area (Å²) in [5.41, 5.74) is 0.696. The first-order valence-electron chi connectivity index (χ1n) is 9.42. The molecule has 0 radical (unpaired) electrons. The Bertz CT molecular complexity index is 766. The standard InChI is InChI=1S/C22H26N2O3/c1-17-12-14-23(15-13-17)22(26)16-24(18(2)25)19-8-10-21(11-9-19)27-20-6-4-3-5-7-20/h3-11,17H,12-16H2,1-2H3. The van der Waals surface area contributed by atoms with E-state index in [1.807, 2.05) is 59.5 Å². The number of piperidine rings is 1. The van der Waals surface area contributed by atoms with Gasteiger partial charge in [0.15, 0.2) is 0 Å². The molecule has 5 nitrogen and oxygen atoms in total. The molecular weight excluding hydrogens is 340 g/mol. The maximum Gasteiger partial charge on any atom is 0.242 e. The van der Waals surface area contributed by atoms with Gasteiger partial charge in [-0.25, -0.2) is 0 Å². The molecule has 3 rings (SSSR count).